The highest BCUT2D eigenvalue weighted by atomic mass is 32.2. The number of sulfone groups is 1. The highest BCUT2D eigenvalue weighted by molar-refractivity contribution is 7.90. The molecule has 3 aliphatic rings. The molecule has 0 aromatic heterocycles. The molecule has 1 aliphatic carbocycles. The Morgan fingerprint density at radius 1 is 1.08 bits per heavy atom. The van der Waals surface area contributed by atoms with Crippen molar-refractivity contribution in [1.82, 2.24) is 5.32 Å². The van der Waals surface area contributed by atoms with Crippen molar-refractivity contribution in [3.05, 3.63) is 29.8 Å². The van der Waals surface area contributed by atoms with Crippen LogP contribution in [0.4, 0.5) is 0 Å². The zero-order chi connectivity index (χ0) is 16.7. The summed E-state index contributed by atoms with van der Waals surface area (Å²) in [4.78, 5) is 0.405. The van der Waals surface area contributed by atoms with Gasteiger partial charge in [0.25, 0.3) is 0 Å². The van der Waals surface area contributed by atoms with Crippen molar-refractivity contribution in [2.45, 2.75) is 49.1 Å². The van der Waals surface area contributed by atoms with Crippen molar-refractivity contribution in [3.8, 4) is 0 Å². The number of rotatable bonds is 4. The minimum Gasteiger partial charge on any atom is -0.381 e. The van der Waals surface area contributed by atoms with Crippen molar-refractivity contribution in [3.63, 3.8) is 0 Å². The van der Waals surface area contributed by atoms with Crippen LogP contribution in [0, 0.1) is 17.8 Å². The second-order valence-corrected chi connectivity index (χ2v) is 9.80. The highest BCUT2D eigenvalue weighted by Gasteiger charge is 2.48. The molecule has 2 heterocycles. The van der Waals surface area contributed by atoms with Gasteiger partial charge in [-0.15, -0.1) is 0 Å². The molecule has 24 heavy (non-hydrogen) atoms. The van der Waals surface area contributed by atoms with Crippen molar-refractivity contribution in [2.75, 3.05) is 19.5 Å². The first-order valence-electron chi connectivity index (χ1n) is 9.16. The number of ether oxygens (including phenoxy) is 1. The Kier molecular flexibility index (Phi) is 4.43. The van der Waals surface area contributed by atoms with Crippen LogP contribution in [-0.2, 0) is 14.6 Å². The van der Waals surface area contributed by atoms with Crippen molar-refractivity contribution >= 4 is 9.84 Å². The monoisotopic (exact) mass is 349 g/mol. The van der Waals surface area contributed by atoms with Gasteiger partial charge in [-0.25, -0.2) is 8.42 Å². The van der Waals surface area contributed by atoms with E-state index in [0.717, 1.165) is 37.4 Å². The summed E-state index contributed by atoms with van der Waals surface area (Å²) in [6.07, 6.45) is 7.51. The number of nitrogens with one attached hydrogen (secondary N) is 1. The molecule has 0 radical (unpaired) electrons. The predicted octanol–water partition coefficient (Wildman–Crippen LogP) is 2.95. The van der Waals surface area contributed by atoms with Gasteiger partial charge in [-0.05, 0) is 61.1 Å². The van der Waals surface area contributed by atoms with Crippen LogP contribution in [0.25, 0.3) is 0 Å². The summed E-state index contributed by atoms with van der Waals surface area (Å²) in [7, 11) is -3.11. The van der Waals surface area contributed by atoms with Crippen LogP contribution in [0.15, 0.2) is 29.2 Å². The Balaban J connectivity index is 1.40. The van der Waals surface area contributed by atoms with Crippen LogP contribution in [0.2, 0.25) is 0 Å². The van der Waals surface area contributed by atoms with E-state index in [-0.39, 0.29) is 0 Å². The van der Waals surface area contributed by atoms with Crippen molar-refractivity contribution in [1.29, 1.82) is 0 Å². The lowest BCUT2D eigenvalue weighted by Crippen LogP contribution is -2.39. The molecular weight excluding hydrogens is 322 g/mol. The molecular formula is C19H27NO3S. The minimum absolute atomic E-state index is 0.360. The average Bonchev–Trinajstić information content (AvgIpc) is 3.20. The molecule has 132 valence electrons. The SMILES string of the molecule is CS(=O)(=O)c1ccc(C2CCCC([C@@H]3C[C@H]3C3CCOC3)N2)cc1. The Morgan fingerprint density at radius 2 is 1.88 bits per heavy atom. The smallest absolute Gasteiger partial charge is 0.175 e. The van der Waals surface area contributed by atoms with Crippen LogP contribution < -0.4 is 5.32 Å². The number of benzene rings is 1. The Labute approximate surface area is 144 Å². The van der Waals surface area contributed by atoms with Crippen LogP contribution in [0.5, 0.6) is 0 Å². The molecule has 1 N–H and O–H groups in total. The molecule has 3 unspecified atom stereocenters. The third kappa shape index (κ3) is 3.39. The largest absolute Gasteiger partial charge is 0.381 e. The lowest BCUT2D eigenvalue weighted by atomic mass is 9.89. The molecule has 1 aromatic rings. The summed E-state index contributed by atoms with van der Waals surface area (Å²) in [5.74, 6) is 2.46. The zero-order valence-electron chi connectivity index (χ0n) is 14.3. The van der Waals surface area contributed by atoms with E-state index in [1.54, 1.807) is 12.1 Å². The van der Waals surface area contributed by atoms with Gasteiger partial charge in [-0.3, -0.25) is 0 Å². The second-order valence-electron chi connectivity index (χ2n) is 7.78. The molecule has 2 saturated heterocycles. The Morgan fingerprint density at radius 3 is 2.54 bits per heavy atom. The van der Waals surface area contributed by atoms with E-state index >= 15 is 0 Å². The molecule has 0 amide bonds. The molecule has 2 aliphatic heterocycles. The van der Waals surface area contributed by atoms with Gasteiger partial charge < -0.3 is 10.1 Å². The van der Waals surface area contributed by atoms with Crippen molar-refractivity contribution in [2.24, 2.45) is 17.8 Å². The molecule has 1 saturated carbocycles. The predicted molar refractivity (Wildman–Crippen MR) is 93.6 cm³/mol. The maximum Gasteiger partial charge on any atom is 0.175 e. The lowest BCUT2D eigenvalue weighted by Gasteiger charge is -2.32. The first kappa shape index (κ1) is 16.6. The van der Waals surface area contributed by atoms with Gasteiger partial charge in [0.15, 0.2) is 9.84 Å². The van der Waals surface area contributed by atoms with Crippen LogP contribution >= 0.6 is 0 Å². The summed E-state index contributed by atoms with van der Waals surface area (Å²) in [6, 6.07) is 8.41. The normalized spacial score (nSPS) is 36.6. The molecule has 5 atom stereocenters. The van der Waals surface area contributed by atoms with Crippen LogP contribution in [-0.4, -0.2) is 33.9 Å². The van der Waals surface area contributed by atoms with Gasteiger partial charge in [-0.2, -0.15) is 0 Å². The summed E-state index contributed by atoms with van der Waals surface area (Å²) in [5, 5.41) is 3.85. The molecule has 1 aromatic carbocycles. The summed E-state index contributed by atoms with van der Waals surface area (Å²) < 4.78 is 28.8. The number of hydrogen-bond acceptors (Lipinski definition) is 4. The van der Waals surface area contributed by atoms with Crippen LogP contribution in [0.3, 0.4) is 0 Å². The van der Waals surface area contributed by atoms with Crippen LogP contribution in [0.1, 0.15) is 43.7 Å². The fraction of sp³-hybridized carbons (Fsp3) is 0.684. The summed E-state index contributed by atoms with van der Waals surface area (Å²) in [5.41, 5.74) is 1.22. The van der Waals surface area contributed by atoms with E-state index in [0.29, 0.717) is 17.0 Å². The number of hydrogen-bond donors (Lipinski definition) is 1. The van der Waals surface area contributed by atoms with Gasteiger partial charge in [0.1, 0.15) is 0 Å². The van der Waals surface area contributed by atoms with E-state index < -0.39 is 9.84 Å². The first-order chi connectivity index (χ1) is 11.5. The molecule has 4 rings (SSSR count). The fourth-order valence-electron chi connectivity index (χ4n) is 4.65. The van der Waals surface area contributed by atoms with Crippen molar-refractivity contribution < 1.29 is 13.2 Å². The van der Waals surface area contributed by atoms with Gasteiger partial charge >= 0.3 is 0 Å². The Bertz CT molecular complexity index is 679. The Hall–Kier alpha value is -0.910. The highest BCUT2D eigenvalue weighted by Crippen LogP contribution is 2.51. The lowest BCUT2D eigenvalue weighted by molar-refractivity contribution is 0.178. The molecule has 4 nitrogen and oxygen atoms in total. The summed E-state index contributed by atoms with van der Waals surface area (Å²) in [6.45, 7) is 1.91. The van der Waals surface area contributed by atoms with E-state index in [2.05, 4.69) is 5.32 Å². The molecule has 5 heteroatoms. The molecule has 0 spiro atoms. The van der Waals surface area contributed by atoms with Gasteiger partial charge in [0.05, 0.1) is 4.90 Å². The topological polar surface area (TPSA) is 55.4 Å². The quantitative estimate of drug-likeness (QED) is 0.908. The minimum atomic E-state index is -3.11. The third-order valence-corrected chi connectivity index (χ3v) is 7.24. The van der Waals surface area contributed by atoms with E-state index in [9.17, 15) is 8.42 Å². The standard InChI is InChI=1S/C19H27NO3S/c1-24(21,22)15-7-5-13(6-8-15)18-3-2-4-19(20-18)17-11-16(17)14-9-10-23-12-14/h5-8,14,16-20H,2-4,9-12H2,1H3/t14?,16-,17+,18?,19?/m0/s1. The van der Waals surface area contributed by atoms with E-state index in [1.165, 1.54) is 37.5 Å². The van der Waals surface area contributed by atoms with Gasteiger partial charge in [0, 0.05) is 31.6 Å². The van der Waals surface area contributed by atoms with E-state index in [4.69, 9.17) is 4.74 Å². The maximum atomic E-state index is 11.6. The third-order valence-electron chi connectivity index (χ3n) is 6.11. The molecule has 3 fully saturated rings. The maximum absolute atomic E-state index is 11.6. The summed E-state index contributed by atoms with van der Waals surface area (Å²) >= 11 is 0. The van der Waals surface area contributed by atoms with Gasteiger partial charge in [-0.1, -0.05) is 18.6 Å². The van der Waals surface area contributed by atoms with Gasteiger partial charge in [0.2, 0.25) is 0 Å². The average molecular weight is 349 g/mol. The van der Waals surface area contributed by atoms with E-state index in [1.807, 2.05) is 12.1 Å². The number of piperidine rings is 1. The zero-order valence-corrected chi connectivity index (χ0v) is 15.1. The fourth-order valence-corrected chi connectivity index (χ4v) is 5.28. The molecule has 0 bridgehead atoms. The second kappa shape index (κ2) is 6.43. The first-order valence-corrected chi connectivity index (χ1v) is 11.1.